The second-order valence-electron chi connectivity index (χ2n) is 8.49. The van der Waals surface area contributed by atoms with Crippen molar-refractivity contribution in [2.24, 2.45) is 0 Å². The van der Waals surface area contributed by atoms with Gasteiger partial charge in [-0.15, -0.1) is 0 Å². The number of aryl methyl sites for hydroxylation is 3. The molecule has 2 aliphatic rings. The Morgan fingerprint density at radius 1 is 1.20 bits per heavy atom. The molecule has 1 atom stereocenters. The van der Waals surface area contributed by atoms with Gasteiger partial charge in [0.05, 0.1) is 0 Å². The van der Waals surface area contributed by atoms with E-state index in [0.717, 1.165) is 50.9 Å². The minimum absolute atomic E-state index is 0.127. The Kier molecular flexibility index (Phi) is 6.37. The van der Waals surface area contributed by atoms with Crippen molar-refractivity contribution in [2.45, 2.75) is 70.9 Å². The first-order valence-corrected chi connectivity index (χ1v) is 11.1. The molecule has 0 spiro atoms. The maximum absolute atomic E-state index is 13.4. The Labute approximate surface area is 177 Å². The molecule has 4 heterocycles. The number of carbonyl (C=O) groups is 1. The van der Waals surface area contributed by atoms with E-state index in [1.807, 2.05) is 31.0 Å². The Bertz CT molecular complexity index is 942. The molecule has 2 fully saturated rings. The van der Waals surface area contributed by atoms with Gasteiger partial charge in [-0.25, -0.2) is 9.78 Å². The molecule has 0 N–H and O–H groups in total. The Hall–Kier alpha value is -2.41. The number of aromatic nitrogens is 2. The van der Waals surface area contributed by atoms with Gasteiger partial charge in [-0.3, -0.25) is 4.79 Å². The lowest BCUT2D eigenvalue weighted by Gasteiger charge is -2.36. The summed E-state index contributed by atoms with van der Waals surface area (Å²) in [6, 6.07) is 2.01. The summed E-state index contributed by atoms with van der Waals surface area (Å²) in [4.78, 5) is 32.4. The van der Waals surface area contributed by atoms with E-state index in [-0.39, 0.29) is 23.4 Å². The van der Waals surface area contributed by atoms with Crippen molar-refractivity contribution < 1.29 is 13.9 Å². The smallest absolute Gasteiger partial charge is 0.349 e. The van der Waals surface area contributed by atoms with Crippen molar-refractivity contribution in [3.63, 3.8) is 0 Å². The SMILES string of the molecule is Cc1cc(C2CCOCC2)oc(=O)c1C(=O)N1CCCCC1CCn1ccnc1C. The zero-order valence-electron chi connectivity index (χ0n) is 17.9. The highest BCUT2D eigenvalue weighted by Crippen LogP contribution is 2.28. The standard InChI is InChI=1S/C23H31N3O4/c1-16-15-20(18-7-13-29-14-8-18)30-23(28)21(16)22(27)26-10-4-3-5-19(26)6-11-25-12-9-24-17(25)2/h9,12,15,18-19H,3-8,10-11,13-14H2,1-2H3. The van der Waals surface area contributed by atoms with Crippen molar-refractivity contribution in [3.8, 4) is 0 Å². The van der Waals surface area contributed by atoms with Crippen molar-refractivity contribution in [2.75, 3.05) is 19.8 Å². The highest BCUT2D eigenvalue weighted by Gasteiger charge is 2.31. The molecular formula is C23H31N3O4. The molecule has 0 aliphatic carbocycles. The lowest BCUT2D eigenvalue weighted by Crippen LogP contribution is -2.45. The van der Waals surface area contributed by atoms with E-state index in [2.05, 4.69) is 9.55 Å². The summed E-state index contributed by atoms with van der Waals surface area (Å²) in [5.74, 6) is 1.66. The van der Waals surface area contributed by atoms with Crippen LogP contribution in [0, 0.1) is 13.8 Å². The monoisotopic (exact) mass is 413 g/mol. The molecule has 0 aromatic carbocycles. The fourth-order valence-corrected chi connectivity index (χ4v) is 4.71. The number of likely N-dealkylation sites (tertiary alicyclic amines) is 1. The zero-order chi connectivity index (χ0) is 21.1. The van der Waals surface area contributed by atoms with Crippen LogP contribution in [0.4, 0.5) is 0 Å². The first kappa shape index (κ1) is 20.8. The third kappa shape index (κ3) is 4.36. The minimum atomic E-state index is -0.503. The molecule has 30 heavy (non-hydrogen) atoms. The molecule has 7 nitrogen and oxygen atoms in total. The molecule has 1 unspecified atom stereocenters. The van der Waals surface area contributed by atoms with E-state index in [0.29, 0.717) is 31.1 Å². The number of piperidine rings is 1. The second kappa shape index (κ2) is 9.16. The molecule has 1 amide bonds. The van der Waals surface area contributed by atoms with E-state index < -0.39 is 5.63 Å². The maximum Gasteiger partial charge on any atom is 0.349 e. The molecule has 4 rings (SSSR count). The van der Waals surface area contributed by atoms with Crippen molar-refractivity contribution in [3.05, 3.63) is 51.6 Å². The van der Waals surface area contributed by atoms with Crippen LogP contribution < -0.4 is 5.63 Å². The minimum Gasteiger partial charge on any atom is -0.427 e. The Balaban J connectivity index is 1.52. The molecule has 0 saturated carbocycles. The van der Waals surface area contributed by atoms with E-state index in [1.165, 1.54) is 0 Å². The number of hydrogen-bond donors (Lipinski definition) is 0. The van der Waals surface area contributed by atoms with E-state index in [9.17, 15) is 9.59 Å². The van der Waals surface area contributed by atoms with Gasteiger partial charge >= 0.3 is 5.63 Å². The zero-order valence-corrected chi connectivity index (χ0v) is 17.9. The quantitative estimate of drug-likeness (QED) is 0.750. The van der Waals surface area contributed by atoms with Gasteiger partial charge in [0.2, 0.25) is 0 Å². The van der Waals surface area contributed by atoms with Gasteiger partial charge in [0, 0.05) is 50.7 Å². The van der Waals surface area contributed by atoms with E-state index in [4.69, 9.17) is 9.15 Å². The van der Waals surface area contributed by atoms with Crippen LogP contribution in [0.1, 0.15) is 71.9 Å². The van der Waals surface area contributed by atoms with Gasteiger partial charge in [0.25, 0.3) is 5.91 Å². The highest BCUT2D eigenvalue weighted by atomic mass is 16.5. The number of rotatable bonds is 5. The average Bonchev–Trinajstić information content (AvgIpc) is 3.17. The van der Waals surface area contributed by atoms with Gasteiger partial charge in [-0.2, -0.15) is 0 Å². The number of amides is 1. The largest absolute Gasteiger partial charge is 0.427 e. The van der Waals surface area contributed by atoms with Crippen LogP contribution in [0.3, 0.4) is 0 Å². The predicted octanol–water partition coefficient (Wildman–Crippen LogP) is 3.43. The highest BCUT2D eigenvalue weighted by molar-refractivity contribution is 5.95. The lowest BCUT2D eigenvalue weighted by molar-refractivity contribution is 0.0587. The summed E-state index contributed by atoms with van der Waals surface area (Å²) in [5, 5.41) is 0. The van der Waals surface area contributed by atoms with Gasteiger partial charge < -0.3 is 18.6 Å². The van der Waals surface area contributed by atoms with Crippen LogP contribution in [0.5, 0.6) is 0 Å². The Morgan fingerprint density at radius 3 is 2.70 bits per heavy atom. The molecule has 2 aliphatic heterocycles. The van der Waals surface area contributed by atoms with Gasteiger partial charge in [-0.1, -0.05) is 0 Å². The fraction of sp³-hybridized carbons (Fsp3) is 0.609. The Morgan fingerprint density at radius 2 is 2.00 bits per heavy atom. The summed E-state index contributed by atoms with van der Waals surface area (Å²) in [6.45, 7) is 6.70. The summed E-state index contributed by atoms with van der Waals surface area (Å²) in [7, 11) is 0. The number of ether oxygens (including phenoxy) is 1. The van der Waals surface area contributed by atoms with Crippen LogP contribution in [0.2, 0.25) is 0 Å². The number of imidazole rings is 1. The third-order valence-electron chi connectivity index (χ3n) is 6.52. The number of nitrogens with zero attached hydrogens (tertiary/aromatic N) is 3. The van der Waals surface area contributed by atoms with Crippen molar-refractivity contribution in [1.29, 1.82) is 0 Å². The molecule has 2 aromatic rings. The van der Waals surface area contributed by atoms with Gasteiger partial charge in [0.15, 0.2) is 0 Å². The second-order valence-corrected chi connectivity index (χ2v) is 8.49. The summed E-state index contributed by atoms with van der Waals surface area (Å²) >= 11 is 0. The molecule has 0 radical (unpaired) electrons. The maximum atomic E-state index is 13.4. The van der Waals surface area contributed by atoms with E-state index >= 15 is 0 Å². The first-order valence-electron chi connectivity index (χ1n) is 11.1. The van der Waals surface area contributed by atoms with Crippen LogP contribution in [-0.4, -0.2) is 46.2 Å². The van der Waals surface area contributed by atoms with Crippen molar-refractivity contribution in [1.82, 2.24) is 14.5 Å². The van der Waals surface area contributed by atoms with Crippen LogP contribution in [0.15, 0.2) is 27.7 Å². The normalized spacial score (nSPS) is 20.5. The van der Waals surface area contributed by atoms with Gasteiger partial charge in [-0.05, 0) is 64.0 Å². The number of carbonyl (C=O) groups excluding carboxylic acids is 1. The molecule has 2 aromatic heterocycles. The summed E-state index contributed by atoms with van der Waals surface area (Å²) in [5.41, 5.74) is 0.403. The van der Waals surface area contributed by atoms with Crippen molar-refractivity contribution >= 4 is 5.91 Å². The number of hydrogen-bond acceptors (Lipinski definition) is 5. The molecule has 0 bridgehead atoms. The molecular weight excluding hydrogens is 382 g/mol. The first-order chi connectivity index (χ1) is 14.5. The fourth-order valence-electron chi connectivity index (χ4n) is 4.71. The van der Waals surface area contributed by atoms with Crippen LogP contribution >= 0.6 is 0 Å². The molecule has 7 heteroatoms. The molecule has 2 saturated heterocycles. The van der Waals surface area contributed by atoms with E-state index in [1.54, 1.807) is 6.20 Å². The predicted molar refractivity (Wildman–Crippen MR) is 113 cm³/mol. The summed E-state index contributed by atoms with van der Waals surface area (Å²) in [6.07, 6.45) is 9.35. The van der Waals surface area contributed by atoms with Crippen LogP contribution in [-0.2, 0) is 11.3 Å². The third-order valence-corrected chi connectivity index (χ3v) is 6.52. The lowest BCUT2D eigenvalue weighted by atomic mass is 9.94. The van der Waals surface area contributed by atoms with Gasteiger partial charge in [0.1, 0.15) is 17.1 Å². The summed E-state index contributed by atoms with van der Waals surface area (Å²) < 4.78 is 13.2. The van der Waals surface area contributed by atoms with Crippen LogP contribution in [0.25, 0.3) is 0 Å². The topological polar surface area (TPSA) is 77.6 Å². The average molecular weight is 414 g/mol. The molecule has 162 valence electrons.